The predicted octanol–water partition coefficient (Wildman–Crippen LogP) is 3.07. The number of rotatable bonds is 3. The lowest BCUT2D eigenvalue weighted by Gasteiger charge is -2.15. The standard InChI is InChI=1S/C16H19N3O2S2/c1-10-8-11(2)15(12(3)9-10)19-16(22)18-13-4-6-14(7-5-13)23(17,20)21/h4-9H,1-3H3,(H2,17,20,21)(H2,18,19,22). The van der Waals surface area contributed by atoms with Crippen molar-refractivity contribution >= 4 is 38.7 Å². The number of aryl methyl sites for hydroxylation is 3. The maximum absolute atomic E-state index is 11.2. The van der Waals surface area contributed by atoms with Gasteiger partial charge in [-0.25, -0.2) is 13.6 Å². The topological polar surface area (TPSA) is 84.2 Å². The lowest BCUT2D eigenvalue weighted by molar-refractivity contribution is 0.598. The molecular formula is C16H19N3O2S2. The number of sulfonamides is 1. The van der Waals surface area contributed by atoms with Crippen LogP contribution >= 0.6 is 12.2 Å². The molecule has 0 bridgehead atoms. The maximum Gasteiger partial charge on any atom is 0.238 e. The number of thiocarbonyl (C=S) groups is 1. The summed E-state index contributed by atoms with van der Waals surface area (Å²) >= 11 is 5.31. The number of primary sulfonamides is 1. The van der Waals surface area contributed by atoms with Crippen molar-refractivity contribution in [1.82, 2.24) is 0 Å². The van der Waals surface area contributed by atoms with Crippen LogP contribution in [0.4, 0.5) is 11.4 Å². The van der Waals surface area contributed by atoms with Crippen molar-refractivity contribution in [3.63, 3.8) is 0 Å². The van der Waals surface area contributed by atoms with E-state index < -0.39 is 10.0 Å². The molecule has 0 fully saturated rings. The van der Waals surface area contributed by atoms with Gasteiger partial charge in [0.25, 0.3) is 0 Å². The van der Waals surface area contributed by atoms with E-state index in [0.717, 1.165) is 16.8 Å². The van der Waals surface area contributed by atoms with Gasteiger partial charge in [-0.05, 0) is 68.4 Å². The van der Waals surface area contributed by atoms with Crippen LogP contribution in [0.1, 0.15) is 16.7 Å². The highest BCUT2D eigenvalue weighted by Crippen LogP contribution is 2.22. The van der Waals surface area contributed by atoms with Crippen LogP contribution in [0.5, 0.6) is 0 Å². The first-order chi connectivity index (χ1) is 10.7. The van der Waals surface area contributed by atoms with E-state index in [9.17, 15) is 8.42 Å². The number of hydrogen-bond acceptors (Lipinski definition) is 3. The third-order valence-corrected chi connectivity index (χ3v) is 4.49. The molecule has 0 aliphatic rings. The molecule has 23 heavy (non-hydrogen) atoms. The molecule has 0 aromatic heterocycles. The van der Waals surface area contributed by atoms with Gasteiger partial charge in [-0.1, -0.05) is 17.7 Å². The van der Waals surface area contributed by atoms with Gasteiger partial charge in [0.05, 0.1) is 4.90 Å². The summed E-state index contributed by atoms with van der Waals surface area (Å²) in [6.45, 7) is 6.09. The van der Waals surface area contributed by atoms with E-state index in [1.54, 1.807) is 12.1 Å². The number of hydrogen-bond donors (Lipinski definition) is 3. The fourth-order valence-electron chi connectivity index (χ4n) is 2.38. The van der Waals surface area contributed by atoms with E-state index >= 15 is 0 Å². The quantitative estimate of drug-likeness (QED) is 0.742. The summed E-state index contributed by atoms with van der Waals surface area (Å²) in [6.07, 6.45) is 0. The molecule has 0 unspecified atom stereocenters. The molecule has 0 heterocycles. The monoisotopic (exact) mass is 349 g/mol. The zero-order valence-corrected chi connectivity index (χ0v) is 14.8. The summed E-state index contributed by atoms with van der Waals surface area (Å²) in [6, 6.07) is 10.3. The molecule has 0 radical (unpaired) electrons. The summed E-state index contributed by atoms with van der Waals surface area (Å²) in [5, 5.41) is 11.7. The molecule has 0 aliphatic carbocycles. The summed E-state index contributed by atoms with van der Waals surface area (Å²) in [5.41, 5.74) is 5.06. The first-order valence-corrected chi connectivity index (χ1v) is 8.91. The van der Waals surface area contributed by atoms with Crippen molar-refractivity contribution in [2.45, 2.75) is 25.7 Å². The summed E-state index contributed by atoms with van der Waals surface area (Å²) < 4.78 is 22.5. The van der Waals surface area contributed by atoms with Crippen LogP contribution in [0.2, 0.25) is 0 Å². The Labute approximate surface area is 142 Å². The number of nitrogens with two attached hydrogens (primary N) is 1. The maximum atomic E-state index is 11.2. The van der Waals surface area contributed by atoms with Crippen LogP contribution in [0.25, 0.3) is 0 Å². The van der Waals surface area contributed by atoms with Gasteiger partial charge in [-0.15, -0.1) is 0 Å². The smallest absolute Gasteiger partial charge is 0.238 e. The molecule has 7 heteroatoms. The fraction of sp³-hybridized carbons (Fsp3) is 0.188. The van der Waals surface area contributed by atoms with Gasteiger partial charge >= 0.3 is 0 Å². The van der Waals surface area contributed by atoms with Gasteiger partial charge < -0.3 is 10.6 Å². The summed E-state index contributed by atoms with van der Waals surface area (Å²) in [5.74, 6) is 0. The molecule has 5 nitrogen and oxygen atoms in total. The second kappa shape index (κ2) is 6.66. The highest BCUT2D eigenvalue weighted by Gasteiger charge is 2.08. The first kappa shape index (κ1) is 17.4. The Morgan fingerprint density at radius 2 is 1.52 bits per heavy atom. The predicted molar refractivity (Wildman–Crippen MR) is 98.3 cm³/mol. The summed E-state index contributed by atoms with van der Waals surface area (Å²) in [4.78, 5) is 0.0622. The van der Waals surface area contributed by atoms with E-state index in [2.05, 4.69) is 22.8 Å². The molecule has 0 spiro atoms. The van der Waals surface area contributed by atoms with Crippen LogP contribution in [-0.4, -0.2) is 13.5 Å². The minimum absolute atomic E-state index is 0.0622. The number of benzene rings is 2. The summed E-state index contributed by atoms with van der Waals surface area (Å²) in [7, 11) is -3.69. The molecular weight excluding hydrogens is 330 g/mol. The van der Waals surface area contributed by atoms with Crippen LogP contribution in [0.3, 0.4) is 0 Å². The van der Waals surface area contributed by atoms with Gasteiger partial charge in [0.2, 0.25) is 10.0 Å². The van der Waals surface area contributed by atoms with Crippen molar-refractivity contribution in [3.05, 3.63) is 53.1 Å². The Hall–Kier alpha value is -1.96. The normalized spacial score (nSPS) is 11.1. The Kier molecular flexibility index (Phi) is 5.03. The van der Waals surface area contributed by atoms with E-state index in [4.69, 9.17) is 17.4 Å². The Morgan fingerprint density at radius 3 is 2.00 bits per heavy atom. The van der Waals surface area contributed by atoms with Gasteiger partial charge in [-0.3, -0.25) is 0 Å². The highest BCUT2D eigenvalue weighted by molar-refractivity contribution is 7.89. The molecule has 4 N–H and O–H groups in total. The Bertz CT molecular complexity index is 821. The zero-order chi connectivity index (χ0) is 17.2. The van der Waals surface area contributed by atoms with E-state index in [1.807, 2.05) is 20.8 Å². The molecule has 2 rings (SSSR count). The fourth-order valence-corrected chi connectivity index (χ4v) is 3.12. The highest BCUT2D eigenvalue weighted by atomic mass is 32.2. The molecule has 0 amide bonds. The van der Waals surface area contributed by atoms with Crippen LogP contribution in [-0.2, 0) is 10.0 Å². The molecule has 122 valence electrons. The van der Waals surface area contributed by atoms with Crippen molar-refractivity contribution in [1.29, 1.82) is 0 Å². The number of nitrogens with one attached hydrogen (secondary N) is 2. The minimum atomic E-state index is -3.69. The third kappa shape index (κ3) is 4.51. The Morgan fingerprint density at radius 1 is 1.00 bits per heavy atom. The SMILES string of the molecule is Cc1cc(C)c(NC(=S)Nc2ccc(S(N)(=O)=O)cc2)c(C)c1. The second-order valence-electron chi connectivity index (χ2n) is 5.42. The zero-order valence-electron chi connectivity index (χ0n) is 13.2. The number of anilines is 2. The van der Waals surface area contributed by atoms with Gasteiger partial charge in [-0.2, -0.15) is 0 Å². The third-order valence-electron chi connectivity index (χ3n) is 3.36. The minimum Gasteiger partial charge on any atom is -0.332 e. The molecule has 0 saturated carbocycles. The molecule has 0 atom stereocenters. The molecule has 0 aliphatic heterocycles. The van der Waals surface area contributed by atoms with Crippen LogP contribution in [0, 0.1) is 20.8 Å². The first-order valence-electron chi connectivity index (χ1n) is 6.95. The molecule has 0 saturated heterocycles. The van der Waals surface area contributed by atoms with Crippen LogP contribution in [0.15, 0.2) is 41.3 Å². The average molecular weight is 349 g/mol. The van der Waals surface area contributed by atoms with Gasteiger partial charge in [0.15, 0.2) is 5.11 Å². The van der Waals surface area contributed by atoms with E-state index in [-0.39, 0.29) is 4.90 Å². The van der Waals surface area contributed by atoms with Crippen molar-refractivity contribution in [2.75, 3.05) is 10.6 Å². The average Bonchev–Trinajstić information content (AvgIpc) is 2.42. The largest absolute Gasteiger partial charge is 0.332 e. The molecule has 2 aromatic carbocycles. The lowest BCUT2D eigenvalue weighted by atomic mass is 10.1. The van der Waals surface area contributed by atoms with Gasteiger partial charge in [0, 0.05) is 11.4 Å². The van der Waals surface area contributed by atoms with Gasteiger partial charge in [0.1, 0.15) is 0 Å². The Balaban J connectivity index is 2.11. The molecule has 2 aromatic rings. The lowest BCUT2D eigenvalue weighted by Crippen LogP contribution is -2.20. The van der Waals surface area contributed by atoms with E-state index in [0.29, 0.717) is 10.8 Å². The van der Waals surface area contributed by atoms with Crippen molar-refractivity contribution in [2.24, 2.45) is 5.14 Å². The van der Waals surface area contributed by atoms with Crippen LogP contribution < -0.4 is 15.8 Å². The van der Waals surface area contributed by atoms with E-state index in [1.165, 1.54) is 17.7 Å². The van der Waals surface area contributed by atoms with Crippen molar-refractivity contribution < 1.29 is 8.42 Å². The second-order valence-corrected chi connectivity index (χ2v) is 7.39. The van der Waals surface area contributed by atoms with Crippen molar-refractivity contribution in [3.8, 4) is 0 Å².